The summed E-state index contributed by atoms with van der Waals surface area (Å²) in [5, 5.41) is 12.2. The number of aromatic nitrogens is 3. The summed E-state index contributed by atoms with van der Waals surface area (Å²) in [5.41, 5.74) is 2.28. The van der Waals surface area contributed by atoms with E-state index in [1.807, 2.05) is 16.7 Å². The van der Waals surface area contributed by atoms with Crippen molar-refractivity contribution in [1.29, 1.82) is 0 Å². The van der Waals surface area contributed by atoms with Gasteiger partial charge in [-0.3, -0.25) is 4.79 Å². The molecule has 1 aliphatic heterocycles. The van der Waals surface area contributed by atoms with Gasteiger partial charge >= 0.3 is 0 Å². The van der Waals surface area contributed by atoms with Crippen LogP contribution in [0.15, 0.2) is 66.3 Å². The zero-order chi connectivity index (χ0) is 24.1. The second kappa shape index (κ2) is 10.4. The molecule has 1 aromatic heterocycles. The third kappa shape index (κ3) is 5.68. The van der Waals surface area contributed by atoms with E-state index < -0.39 is 9.84 Å². The molecular formula is C24H26N4O4S2. The lowest BCUT2D eigenvalue weighted by Crippen LogP contribution is -2.11. The summed E-state index contributed by atoms with van der Waals surface area (Å²) in [6, 6.07) is 14.6. The van der Waals surface area contributed by atoms with Crippen molar-refractivity contribution >= 4 is 33.2 Å². The first kappa shape index (κ1) is 24.0. The van der Waals surface area contributed by atoms with Crippen molar-refractivity contribution in [3.8, 4) is 5.75 Å². The molecule has 0 spiro atoms. The SMILES string of the molecule is C=CCn1c(SCc2ccc(C(=O)Nc3ccc(OC)cc3)cc2)nnc1C1CCS(=O)(=O)C1. The fourth-order valence-electron chi connectivity index (χ4n) is 3.79. The Morgan fingerprint density at radius 1 is 1.21 bits per heavy atom. The molecule has 1 unspecified atom stereocenters. The van der Waals surface area contributed by atoms with Crippen LogP contribution >= 0.6 is 11.8 Å². The summed E-state index contributed by atoms with van der Waals surface area (Å²) in [6.45, 7) is 4.33. The number of carbonyl (C=O) groups is 1. The van der Waals surface area contributed by atoms with Crippen LogP contribution in [0.5, 0.6) is 5.75 Å². The minimum atomic E-state index is -3.01. The maximum atomic E-state index is 12.5. The third-order valence-electron chi connectivity index (χ3n) is 5.59. The second-order valence-electron chi connectivity index (χ2n) is 8.01. The molecule has 1 saturated heterocycles. The zero-order valence-corrected chi connectivity index (χ0v) is 20.4. The maximum absolute atomic E-state index is 12.5. The Labute approximate surface area is 203 Å². The summed E-state index contributed by atoms with van der Waals surface area (Å²) < 4.78 is 30.9. The van der Waals surface area contributed by atoms with Crippen molar-refractivity contribution in [3.63, 3.8) is 0 Å². The molecule has 1 N–H and O–H groups in total. The first-order valence-corrected chi connectivity index (χ1v) is 13.6. The van der Waals surface area contributed by atoms with Crippen LogP contribution in [0.3, 0.4) is 0 Å². The number of nitrogens with one attached hydrogen (secondary N) is 1. The molecule has 0 aliphatic carbocycles. The standard InChI is InChI=1S/C24H26N4O4S2/c1-3-13-28-22(19-12-14-34(30,31)16-19)26-27-24(28)33-15-17-4-6-18(7-5-17)23(29)25-20-8-10-21(32-2)11-9-20/h3-11,19H,1,12-16H2,2H3,(H,25,29). The van der Waals surface area contributed by atoms with Crippen molar-refractivity contribution in [2.45, 2.75) is 29.8 Å². The average Bonchev–Trinajstić information content (AvgIpc) is 3.41. The number of hydrogen-bond donors (Lipinski definition) is 1. The zero-order valence-electron chi connectivity index (χ0n) is 18.8. The number of amides is 1. The molecule has 2 heterocycles. The number of carbonyl (C=O) groups excluding carboxylic acids is 1. The number of sulfone groups is 1. The quantitative estimate of drug-likeness (QED) is 0.352. The summed E-state index contributed by atoms with van der Waals surface area (Å²) in [6.07, 6.45) is 2.33. The number of ether oxygens (including phenoxy) is 1. The minimum absolute atomic E-state index is 0.118. The predicted octanol–water partition coefficient (Wildman–Crippen LogP) is 3.92. The lowest BCUT2D eigenvalue weighted by Gasteiger charge is -2.11. The predicted molar refractivity (Wildman–Crippen MR) is 133 cm³/mol. The molecule has 0 bridgehead atoms. The normalized spacial score (nSPS) is 16.8. The Hall–Kier alpha value is -3.11. The first-order valence-electron chi connectivity index (χ1n) is 10.8. The van der Waals surface area contributed by atoms with Gasteiger partial charge in [-0.25, -0.2) is 8.42 Å². The fraction of sp³-hybridized carbons (Fsp3) is 0.292. The summed E-state index contributed by atoms with van der Waals surface area (Å²) in [4.78, 5) is 12.5. The summed E-state index contributed by atoms with van der Waals surface area (Å²) in [5.74, 6) is 2.06. The molecule has 1 fully saturated rings. The Bertz CT molecular complexity index is 1270. The van der Waals surface area contributed by atoms with Crippen LogP contribution < -0.4 is 10.1 Å². The van der Waals surface area contributed by atoms with Gasteiger partial charge in [-0.05, 0) is 48.4 Å². The number of thioether (sulfide) groups is 1. The van der Waals surface area contributed by atoms with Crippen molar-refractivity contribution < 1.29 is 17.9 Å². The van der Waals surface area contributed by atoms with Gasteiger partial charge in [0.15, 0.2) is 15.0 Å². The highest BCUT2D eigenvalue weighted by atomic mass is 32.2. The molecule has 1 amide bonds. The van der Waals surface area contributed by atoms with E-state index in [1.165, 1.54) is 11.8 Å². The van der Waals surface area contributed by atoms with Gasteiger partial charge in [0, 0.05) is 29.5 Å². The van der Waals surface area contributed by atoms with E-state index in [0.717, 1.165) is 16.5 Å². The van der Waals surface area contributed by atoms with Crippen molar-refractivity contribution in [1.82, 2.24) is 14.8 Å². The van der Waals surface area contributed by atoms with E-state index in [-0.39, 0.29) is 23.3 Å². The molecule has 178 valence electrons. The lowest BCUT2D eigenvalue weighted by molar-refractivity contribution is 0.102. The lowest BCUT2D eigenvalue weighted by atomic mass is 10.1. The largest absolute Gasteiger partial charge is 0.497 e. The molecule has 0 radical (unpaired) electrons. The highest BCUT2D eigenvalue weighted by molar-refractivity contribution is 7.98. The van der Waals surface area contributed by atoms with E-state index in [9.17, 15) is 13.2 Å². The third-order valence-corrected chi connectivity index (χ3v) is 8.39. The van der Waals surface area contributed by atoms with Gasteiger partial charge in [0.1, 0.15) is 11.6 Å². The van der Waals surface area contributed by atoms with E-state index in [2.05, 4.69) is 22.1 Å². The van der Waals surface area contributed by atoms with Crippen LogP contribution in [0.4, 0.5) is 5.69 Å². The van der Waals surface area contributed by atoms with Crippen LogP contribution in [0.2, 0.25) is 0 Å². The van der Waals surface area contributed by atoms with Crippen LogP contribution in [0.25, 0.3) is 0 Å². The smallest absolute Gasteiger partial charge is 0.255 e. The average molecular weight is 499 g/mol. The van der Waals surface area contributed by atoms with Gasteiger partial charge in [0.25, 0.3) is 5.91 Å². The van der Waals surface area contributed by atoms with E-state index >= 15 is 0 Å². The van der Waals surface area contributed by atoms with Crippen LogP contribution in [0.1, 0.15) is 34.1 Å². The van der Waals surface area contributed by atoms with Crippen molar-refractivity contribution in [3.05, 3.63) is 78.1 Å². The van der Waals surface area contributed by atoms with Gasteiger partial charge in [-0.15, -0.1) is 16.8 Å². The fourth-order valence-corrected chi connectivity index (χ4v) is 6.44. The van der Waals surface area contributed by atoms with Crippen molar-refractivity contribution in [2.75, 3.05) is 23.9 Å². The molecule has 1 atom stereocenters. The molecule has 4 rings (SSSR count). The van der Waals surface area contributed by atoms with Crippen molar-refractivity contribution in [2.24, 2.45) is 0 Å². The van der Waals surface area contributed by atoms with Crippen LogP contribution in [-0.2, 0) is 22.1 Å². The van der Waals surface area contributed by atoms with Gasteiger partial charge in [0.05, 0.1) is 18.6 Å². The Morgan fingerprint density at radius 2 is 1.94 bits per heavy atom. The molecule has 8 nitrogen and oxygen atoms in total. The van der Waals surface area contributed by atoms with E-state index in [1.54, 1.807) is 49.6 Å². The number of hydrogen-bond acceptors (Lipinski definition) is 7. The van der Waals surface area contributed by atoms with Gasteiger partial charge < -0.3 is 14.6 Å². The minimum Gasteiger partial charge on any atom is -0.497 e. The molecule has 34 heavy (non-hydrogen) atoms. The van der Waals surface area contributed by atoms with E-state index in [4.69, 9.17) is 4.74 Å². The highest BCUT2D eigenvalue weighted by Crippen LogP contribution is 2.31. The number of benzene rings is 2. The molecular weight excluding hydrogens is 472 g/mol. The Kier molecular flexibility index (Phi) is 7.38. The van der Waals surface area contributed by atoms with E-state index in [0.29, 0.717) is 35.8 Å². The van der Waals surface area contributed by atoms with Crippen LogP contribution in [0, 0.1) is 0 Å². The Balaban J connectivity index is 1.39. The van der Waals surface area contributed by atoms with Gasteiger partial charge in [-0.2, -0.15) is 0 Å². The number of methoxy groups -OCH3 is 1. The molecule has 3 aromatic rings. The number of allylic oxidation sites excluding steroid dienone is 1. The van der Waals surface area contributed by atoms with Crippen LogP contribution in [-0.4, -0.2) is 47.7 Å². The molecule has 1 aliphatic rings. The number of nitrogens with zero attached hydrogens (tertiary/aromatic N) is 3. The van der Waals surface area contributed by atoms with Gasteiger partial charge in [0.2, 0.25) is 0 Å². The first-order chi connectivity index (χ1) is 16.4. The number of rotatable bonds is 9. The molecule has 0 saturated carbocycles. The van der Waals surface area contributed by atoms with Gasteiger partial charge in [-0.1, -0.05) is 30.0 Å². The number of anilines is 1. The summed E-state index contributed by atoms with van der Waals surface area (Å²) in [7, 11) is -1.41. The maximum Gasteiger partial charge on any atom is 0.255 e. The topological polar surface area (TPSA) is 103 Å². The summed E-state index contributed by atoms with van der Waals surface area (Å²) >= 11 is 1.52. The monoisotopic (exact) mass is 498 g/mol. The molecule has 10 heteroatoms. The second-order valence-corrected chi connectivity index (χ2v) is 11.2. The highest BCUT2D eigenvalue weighted by Gasteiger charge is 2.33. The molecule has 2 aromatic carbocycles. The Morgan fingerprint density at radius 3 is 2.56 bits per heavy atom.